The smallest absolute Gasteiger partial charge is 0.280 e. The van der Waals surface area contributed by atoms with Crippen molar-refractivity contribution in [1.82, 2.24) is 19.1 Å². The molecule has 2 N–H and O–H groups in total. The van der Waals surface area contributed by atoms with Crippen LogP contribution in [0.5, 0.6) is 0 Å². The van der Waals surface area contributed by atoms with Crippen molar-refractivity contribution in [2.45, 2.75) is 40.0 Å². The van der Waals surface area contributed by atoms with E-state index in [4.69, 9.17) is 0 Å². The summed E-state index contributed by atoms with van der Waals surface area (Å²) >= 11 is 0. The van der Waals surface area contributed by atoms with Crippen LogP contribution in [-0.2, 0) is 13.6 Å². The van der Waals surface area contributed by atoms with Gasteiger partial charge < -0.3 is 15.0 Å². The van der Waals surface area contributed by atoms with Gasteiger partial charge in [-0.25, -0.2) is 4.98 Å². The Kier molecular flexibility index (Phi) is 5.08. The Bertz CT molecular complexity index is 959. The van der Waals surface area contributed by atoms with Crippen LogP contribution in [0.1, 0.15) is 31.7 Å². The van der Waals surface area contributed by atoms with Gasteiger partial charge in [-0.15, -0.1) is 0 Å². The number of nitrogens with one attached hydrogen (secondary N) is 1. The second-order valence-corrected chi connectivity index (χ2v) is 6.99. The lowest BCUT2D eigenvalue weighted by Gasteiger charge is -2.17. The molecule has 1 unspecified atom stereocenters. The van der Waals surface area contributed by atoms with Gasteiger partial charge in [0, 0.05) is 13.6 Å². The highest BCUT2D eigenvalue weighted by atomic mass is 16.3. The third-order valence-corrected chi connectivity index (χ3v) is 4.35. The monoisotopic (exact) mass is 355 g/mol. The number of aliphatic hydroxyl groups is 1. The predicted molar refractivity (Wildman–Crippen MR) is 102 cm³/mol. The lowest BCUT2D eigenvalue weighted by molar-refractivity contribution is 0.174. The molecule has 3 rings (SSSR count). The maximum Gasteiger partial charge on any atom is 0.280 e. The summed E-state index contributed by atoms with van der Waals surface area (Å²) in [5.74, 6) is 1.37. The van der Waals surface area contributed by atoms with Crippen molar-refractivity contribution in [3.63, 3.8) is 0 Å². The van der Waals surface area contributed by atoms with E-state index in [0.717, 1.165) is 11.4 Å². The molecule has 1 atom stereocenters. The van der Waals surface area contributed by atoms with Crippen LogP contribution < -0.4 is 10.9 Å². The lowest BCUT2D eigenvalue weighted by Crippen LogP contribution is -2.29. The Morgan fingerprint density at radius 3 is 2.54 bits per heavy atom. The van der Waals surface area contributed by atoms with Gasteiger partial charge in [-0.3, -0.25) is 9.36 Å². The van der Waals surface area contributed by atoms with Crippen LogP contribution in [0.15, 0.2) is 35.1 Å². The maximum atomic E-state index is 12.9. The SMILES string of the molecule is Cc1nc2nc(NC(O)CC(C)C)n(C)c(=O)c2n1Cc1ccccc1. The minimum Gasteiger partial charge on any atom is -0.374 e. The van der Waals surface area contributed by atoms with Crippen molar-refractivity contribution in [2.75, 3.05) is 5.32 Å². The van der Waals surface area contributed by atoms with Gasteiger partial charge in [0.05, 0.1) is 0 Å². The number of aromatic nitrogens is 4. The van der Waals surface area contributed by atoms with Gasteiger partial charge in [-0.2, -0.15) is 4.98 Å². The van der Waals surface area contributed by atoms with Gasteiger partial charge in [0.2, 0.25) is 5.95 Å². The summed E-state index contributed by atoms with van der Waals surface area (Å²) in [7, 11) is 1.65. The van der Waals surface area contributed by atoms with Crippen molar-refractivity contribution in [3.8, 4) is 0 Å². The van der Waals surface area contributed by atoms with Crippen LogP contribution in [-0.4, -0.2) is 30.4 Å². The second-order valence-electron chi connectivity index (χ2n) is 6.99. The van der Waals surface area contributed by atoms with Crippen LogP contribution in [0.4, 0.5) is 5.95 Å². The highest BCUT2D eigenvalue weighted by Crippen LogP contribution is 2.16. The molecule has 0 radical (unpaired) electrons. The zero-order valence-electron chi connectivity index (χ0n) is 15.6. The molecule has 2 heterocycles. The third-order valence-electron chi connectivity index (χ3n) is 4.35. The van der Waals surface area contributed by atoms with E-state index >= 15 is 0 Å². The van der Waals surface area contributed by atoms with Gasteiger partial charge in [0.15, 0.2) is 11.2 Å². The first-order chi connectivity index (χ1) is 12.4. The second kappa shape index (κ2) is 7.29. The van der Waals surface area contributed by atoms with Crippen LogP contribution in [0.3, 0.4) is 0 Å². The molecule has 0 spiro atoms. The minimum absolute atomic E-state index is 0.189. The lowest BCUT2D eigenvalue weighted by atomic mass is 10.1. The third kappa shape index (κ3) is 3.62. The van der Waals surface area contributed by atoms with Gasteiger partial charge in [-0.05, 0) is 24.8 Å². The van der Waals surface area contributed by atoms with Crippen molar-refractivity contribution >= 4 is 17.1 Å². The Balaban J connectivity index is 2.02. The summed E-state index contributed by atoms with van der Waals surface area (Å²) < 4.78 is 3.31. The first-order valence-electron chi connectivity index (χ1n) is 8.79. The van der Waals surface area contributed by atoms with E-state index in [2.05, 4.69) is 15.3 Å². The van der Waals surface area contributed by atoms with Crippen LogP contribution in [0.25, 0.3) is 11.2 Å². The molecule has 3 aromatic rings. The summed E-state index contributed by atoms with van der Waals surface area (Å²) in [5.41, 5.74) is 1.76. The van der Waals surface area contributed by atoms with Gasteiger partial charge in [-0.1, -0.05) is 44.2 Å². The molecule has 0 fully saturated rings. The number of benzene rings is 1. The van der Waals surface area contributed by atoms with Gasteiger partial charge >= 0.3 is 0 Å². The standard InChI is InChI=1S/C19H25N5O2/c1-12(2)10-15(25)21-19-22-17-16(18(26)23(19)4)24(13(3)20-17)11-14-8-6-5-7-9-14/h5-9,12,15,25H,10-11H2,1-4H3,(H,21,22). The number of fused-ring (bicyclic) bond motifs is 1. The zero-order valence-corrected chi connectivity index (χ0v) is 15.6. The normalized spacial score (nSPS) is 12.7. The van der Waals surface area contributed by atoms with Crippen molar-refractivity contribution in [1.29, 1.82) is 0 Å². The molecule has 138 valence electrons. The zero-order chi connectivity index (χ0) is 18.8. The molecule has 7 nitrogen and oxygen atoms in total. The molecular weight excluding hydrogens is 330 g/mol. The number of rotatable bonds is 6. The Hall–Kier alpha value is -2.67. The fraction of sp³-hybridized carbons (Fsp3) is 0.421. The maximum absolute atomic E-state index is 12.9. The molecule has 26 heavy (non-hydrogen) atoms. The number of hydrogen-bond acceptors (Lipinski definition) is 5. The van der Waals surface area contributed by atoms with E-state index in [1.54, 1.807) is 7.05 Å². The number of aliphatic hydroxyl groups excluding tert-OH is 1. The molecule has 2 aromatic heterocycles. The molecule has 1 aromatic carbocycles. The molecule has 0 saturated heterocycles. The number of anilines is 1. The minimum atomic E-state index is -0.766. The summed E-state index contributed by atoms with van der Waals surface area (Å²) in [4.78, 5) is 21.8. The number of imidazole rings is 1. The molecular formula is C19H25N5O2. The summed E-state index contributed by atoms with van der Waals surface area (Å²) in [5, 5.41) is 13.0. The summed E-state index contributed by atoms with van der Waals surface area (Å²) in [6, 6.07) is 9.93. The first kappa shape index (κ1) is 18.1. The van der Waals surface area contributed by atoms with Gasteiger partial charge in [0.1, 0.15) is 12.1 Å². The van der Waals surface area contributed by atoms with Crippen molar-refractivity contribution < 1.29 is 5.11 Å². The average molecular weight is 355 g/mol. The van der Waals surface area contributed by atoms with E-state index in [9.17, 15) is 9.90 Å². The fourth-order valence-electron chi connectivity index (χ4n) is 3.01. The van der Waals surface area contributed by atoms with Crippen LogP contribution >= 0.6 is 0 Å². The molecule has 0 bridgehead atoms. The quantitative estimate of drug-likeness (QED) is 0.663. The topological polar surface area (TPSA) is 85.0 Å². The molecule has 0 aliphatic carbocycles. The van der Waals surface area contributed by atoms with Crippen molar-refractivity contribution in [3.05, 3.63) is 52.1 Å². The Morgan fingerprint density at radius 1 is 1.19 bits per heavy atom. The van der Waals surface area contributed by atoms with Gasteiger partial charge in [0.25, 0.3) is 5.56 Å². The predicted octanol–water partition coefficient (Wildman–Crippen LogP) is 2.26. The van der Waals surface area contributed by atoms with E-state index in [1.807, 2.05) is 55.7 Å². The highest BCUT2D eigenvalue weighted by molar-refractivity contribution is 5.72. The van der Waals surface area contributed by atoms with Crippen LogP contribution in [0, 0.1) is 12.8 Å². The molecule has 7 heteroatoms. The van der Waals surface area contributed by atoms with E-state index in [-0.39, 0.29) is 5.56 Å². The number of nitrogens with zero attached hydrogens (tertiary/aromatic N) is 4. The van der Waals surface area contributed by atoms with E-state index < -0.39 is 6.23 Å². The largest absolute Gasteiger partial charge is 0.374 e. The first-order valence-corrected chi connectivity index (χ1v) is 8.79. The van der Waals surface area contributed by atoms with Crippen LogP contribution in [0.2, 0.25) is 0 Å². The summed E-state index contributed by atoms with van der Waals surface area (Å²) in [6.45, 7) is 6.47. The fourth-order valence-corrected chi connectivity index (χ4v) is 3.01. The molecule has 0 aliphatic rings. The van der Waals surface area contributed by atoms with Crippen molar-refractivity contribution in [2.24, 2.45) is 13.0 Å². The van der Waals surface area contributed by atoms with E-state index in [0.29, 0.717) is 36.0 Å². The Morgan fingerprint density at radius 2 is 1.88 bits per heavy atom. The number of aryl methyl sites for hydroxylation is 1. The molecule has 0 saturated carbocycles. The van der Waals surface area contributed by atoms with E-state index in [1.165, 1.54) is 4.57 Å². The Labute approximate surface area is 152 Å². The average Bonchev–Trinajstić information content (AvgIpc) is 2.88. The number of hydrogen-bond donors (Lipinski definition) is 2. The molecule has 0 amide bonds. The summed E-state index contributed by atoms with van der Waals surface area (Å²) in [6.07, 6.45) is -0.201. The highest BCUT2D eigenvalue weighted by Gasteiger charge is 2.18. The molecule has 0 aliphatic heterocycles.